The normalized spacial score (nSPS) is 10.9. The summed E-state index contributed by atoms with van der Waals surface area (Å²) in [6, 6.07) is 15.2. The van der Waals surface area contributed by atoms with Crippen LogP contribution >= 0.6 is 0 Å². The Labute approximate surface area is 174 Å². The SMILES string of the molecule is COc1cc(/C=C/C(=O)c2c(C)[nH]c(C(=O)[O-])c2C)ccc1OCc1ccccc1. The van der Waals surface area contributed by atoms with Crippen LogP contribution in [-0.2, 0) is 6.61 Å². The number of allylic oxidation sites excluding steroid dienone is 1. The first-order valence-corrected chi connectivity index (χ1v) is 9.38. The van der Waals surface area contributed by atoms with E-state index < -0.39 is 5.97 Å². The standard InChI is InChI=1S/C24H23NO5/c1-15-22(16(2)25-23(15)24(27)28)19(26)11-9-17-10-12-20(21(13-17)29-3)30-14-18-7-5-4-6-8-18/h4-13,25H,14H2,1-3H3,(H,27,28)/p-1/b11-9+. The quantitative estimate of drug-likeness (QED) is 0.458. The Balaban J connectivity index is 1.76. The first kappa shape index (κ1) is 20.9. The molecule has 0 bridgehead atoms. The van der Waals surface area contributed by atoms with Gasteiger partial charge in [-0.2, -0.15) is 0 Å². The van der Waals surface area contributed by atoms with Gasteiger partial charge < -0.3 is 24.4 Å². The highest BCUT2D eigenvalue weighted by Crippen LogP contribution is 2.29. The molecular weight excluding hydrogens is 382 g/mol. The Kier molecular flexibility index (Phi) is 6.37. The van der Waals surface area contributed by atoms with E-state index in [-0.39, 0.29) is 11.5 Å². The molecule has 6 heteroatoms. The molecule has 0 aliphatic heterocycles. The van der Waals surface area contributed by atoms with Crippen LogP contribution in [0.1, 0.15) is 43.2 Å². The monoisotopic (exact) mass is 404 g/mol. The predicted octanol–water partition coefficient (Wildman–Crippen LogP) is 3.48. The Morgan fingerprint density at radius 2 is 1.80 bits per heavy atom. The van der Waals surface area contributed by atoms with Gasteiger partial charge in [-0.25, -0.2) is 0 Å². The zero-order valence-corrected chi connectivity index (χ0v) is 17.0. The van der Waals surface area contributed by atoms with Crippen molar-refractivity contribution in [2.24, 2.45) is 0 Å². The number of H-pyrrole nitrogens is 1. The molecule has 3 rings (SSSR count). The molecule has 0 unspecified atom stereocenters. The number of nitrogens with one attached hydrogen (secondary N) is 1. The van der Waals surface area contributed by atoms with Crippen LogP contribution in [0.5, 0.6) is 11.5 Å². The third-order valence-electron chi connectivity index (χ3n) is 4.74. The molecule has 0 aliphatic carbocycles. The minimum Gasteiger partial charge on any atom is -0.543 e. The summed E-state index contributed by atoms with van der Waals surface area (Å²) in [7, 11) is 1.55. The summed E-state index contributed by atoms with van der Waals surface area (Å²) < 4.78 is 11.3. The molecule has 0 saturated heterocycles. The highest BCUT2D eigenvalue weighted by atomic mass is 16.5. The van der Waals surface area contributed by atoms with Crippen LogP contribution in [0, 0.1) is 13.8 Å². The maximum Gasteiger partial charge on any atom is 0.187 e. The van der Waals surface area contributed by atoms with Gasteiger partial charge in [0, 0.05) is 11.3 Å². The fraction of sp³-hybridized carbons (Fsp3) is 0.167. The Hall–Kier alpha value is -3.80. The molecule has 0 amide bonds. The molecule has 0 aliphatic rings. The van der Waals surface area contributed by atoms with Gasteiger partial charge in [0.25, 0.3) is 0 Å². The van der Waals surface area contributed by atoms with Crippen LogP contribution < -0.4 is 14.6 Å². The van der Waals surface area contributed by atoms with Crippen molar-refractivity contribution in [3.05, 3.63) is 88.2 Å². The third-order valence-corrected chi connectivity index (χ3v) is 4.74. The molecule has 1 aromatic heterocycles. The molecule has 1 N–H and O–H groups in total. The van der Waals surface area contributed by atoms with Crippen molar-refractivity contribution >= 4 is 17.8 Å². The molecule has 30 heavy (non-hydrogen) atoms. The van der Waals surface area contributed by atoms with Crippen molar-refractivity contribution < 1.29 is 24.2 Å². The van der Waals surface area contributed by atoms with Crippen LogP contribution in [0.25, 0.3) is 6.08 Å². The number of carboxylic acid groups (broad SMARTS) is 1. The zero-order valence-electron chi connectivity index (χ0n) is 17.0. The van der Waals surface area contributed by atoms with Crippen molar-refractivity contribution in [2.45, 2.75) is 20.5 Å². The molecule has 154 valence electrons. The number of methoxy groups -OCH3 is 1. The number of carbonyl (C=O) groups excluding carboxylic acids is 2. The molecular formula is C24H22NO5-. The topological polar surface area (TPSA) is 91.5 Å². The van der Waals surface area contributed by atoms with Gasteiger partial charge in [0.2, 0.25) is 0 Å². The zero-order chi connectivity index (χ0) is 21.7. The molecule has 6 nitrogen and oxygen atoms in total. The summed E-state index contributed by atoms with van der Waals surface area (Å²) in [5.41, 5.74) is 2.90. The maximum absolute atomic E-state index is 12.6. The number of hydrogen-bond acceptors (Lipinski definition) is 5. The summed E-state index contributed by atoms with van der Waals surface area (Å²) >= 11 is 0. The number of benzene rings is 2. The van der Waals surface area contributed by atoms with Crippen molar-refractivity contribution in [1.29, 1.82) is 0 Å². The third kappa shape index (κ3) is 4.60. The number of aromatic amines is 1. The van der Waals surface area contributed by atoms with Crippen molar-refractivity contribution in [1.82, 2.24) is 4.98 Å². The lowest BCUT2D eigenvalue weighted by molar-refractivity contribution is -0.255. The van der Waals surface area contributed by atoms with Crippen LogP contribution in [-0.4, -0.2) is 23.8 Å². The van der Waals surface area contributed by atoms with E-state index in [0.29, 0.717) is 34.9 Å². The Morgan fingerprint density at radius 3 is 2.43 bits per heavy atom. The number of aromatic carboxylic acids is 1. The summed E-state index contributed by atoms with van der Waals surface area (Å²) in [4.78, 5) is 26.4. The molecule has 0 saturated carbocycles. The van der Waals surface area contributed by atoms with E-state index in [4.69, 9.17) is 9.47 Å². The van der Waals surface area contributed by atoms with Crippen molar-refractivity contribution in [3.8, 4) is 11.5 Å². The lowest BCUT2D eigenvalue weighted by Crippen LogP contribution is -2.23. The lowest BCUT2D eigenvalue weighted by Gasteiger charge is -2.11. The summed E-state index contributed by atoms with van der Waals surface area (Å²) in [5, 5.41) is 11.1. The minimum atomic E-state index is -1.34. The van der Waals surface area contributed by atoms with Gasteiger partial charge in [-0.15, -0.1) is 0 Å². The van der Waals surface area contributed by atoms with Crippen LogP contribution in [0.15, 0.2) is 54.6 Å². The molecule has 1 heterocycles. The molecule has 0 atom stereocenters. The average Bonchev–Trinajstić information content (AvgIpc) is 3.05. The minimum absolute atomic E-state index is 0.0779. The number of ketones is 1. The smallest absolute Gasteiger partial charge is 0.187 e. The summed E-state index contributed by atoms with van der Waals surface area (Å²) in [6.07, 6.45) is 3.05. The van der Waals surface area contributed by atoms with Gasteiger partial charge in [0.1, 0.15) is 6.61 Å². The van der Waals surface area contributed by atoms with E-state index in [1.165, 1.54) is 6.08 Å². The number of ether oxygens (including phenoxy) is 2. The van der Waals surface area contributed by atoms with Gasteiger partial charge in [-0.05, 0) is 48.7 Å². The van der Waals surface area contributed by atoms with E-state index in [1.54, 1.807) is 39.2 Å². The van der Waals surface area contributed by atoms with E-state index >= 15 is 0 Å². The van der Waals surface area contributed by atoms with Gasteiger partial charge in [0.05, 0.1) is 18.8 Å². The second-order valence-corrected chi connectivity index (χ2v) is 6.79. The second kappa shape index (κ2) is 9.13. The van der Waals surface area contributed by atoms with Crippen LogP contribution in [0.2, 0.25) is 0 Å². The number of carboxylic acids is 1. The number of carbonyl (C=O) groups is 2. The van der Waals surface area contributed by atoms with E-state index in [2.05, 4.69) is 4.98 Å². The molecule has 3 aromatic rings. The molecule has 2 aromatic carbocycles. The van der Waals surface area contributed by atoms with Crippen molar-refractivity contribution in [2.75, 3.05) is 7.11 Å². The Bertz CT molecular complexity index is 1100. The van der Waals surface area contributed by atoms with Gasteiger partial charge in [-0.1, -0.05) is 42.5 Å². The predicted molar refractivity (Wildman–Crippen MR) is 112 cm³/mol. The van der Waals surface area contributed by atoms with Gasteiger partial charge in [-0.3, -0.25) is 4.79 Å². The first-order chi connectivity index (χ1) is 14.4. The number of aryl methyl sites for hydroxylation is 1. The van der Waals surface area contributed by atoms with Crippen LogP contribution in [0.4, 0.5) is 0 Å². The van der Waals surface area contributed by atoms with E-state index in [1.807, 2.05) is 36.4 Å². The largest absolute Gasteiger partial charge is 0.543 e. The van der Waals surface area contributed by atoms with Crippen molar-refractivity contribution in [3.63, 3.8) is 0 Å². The van der Waals surface area contributed by atoms with Crippen LogP contribution in [0.3, 0.4) is 0 Å². The molecule has 0 radical (unpaired) electrons. The molecule has 0 spiro atoms. The Morgan fingerprint density at radius 1 is 1.07 bits per heavy atom. The lowest BCUT2D eigenvalue weighted by atomic mass is 10.0. The van der Waals surface area contributed by atoms with Gasteiger partial charge in [0.15, 0.2) is 17.3 Å². The number of aromatic nitrogens is 1. The summed E-state index contributed by atoms with van der Waals surface area (Å²) in [6.45, 7) is 3.65. The first-order valence-electron chi connectivity index (χ1n) is 9.38. The highest BCUT2D eigenvalue weighted by molar-refractivity contribution is 6.10. The van der Waals surface area contributed by atoms with Gasteiger partial charge >= 0.3 is 0 Å². The number of rotatable bonds is 8. The number of hydrogen-bond donors (Lipinski definition) is 1. The maximum atomic E-state index is 12.6. The average molecular weight is 404 g/mol. The van der Waals surface area contributed by atoms with E-state index in [9.17, 15) is 14.7 Å². The second-order valence-electron chi connectivity index (χ2n) is 6.79. The fourth-order valence-corrected chi connectivity index (χ4v) is 3.22. The molecule has 0 fully saturated rings. The summed E-state index contributed by atoms with van der Waals surface area (Å²) in [5.74, 6) is -0.485. The van der Waals surface area contributed by atoms with E-state index in [0.717, 1.165) is 11.1 Å². The fourth-order valence-electron chi connectivity index (χ4n) is 3.22. The highest BCUT2D eigenvalue weighted by Gasteiger charge is 2.16.